The van der Waals surface area contributed by atoms with Gasteiger partial charge in [0.1, 0.15) is 5.82 Å². The molecule has 1 amide bonds. The number of fused-ring (bicyclic) bond motifs is 2. The number of nitrogens with zero attached hydrogens (tertiary/aromatic N) is 2. The third-order valence-electron chi connectivity index (χ3n) is 3.38. The van der Waals surface area contributed by atoms with Crippen molar-refractivity contribution in [3.05, 3.63) is 47.2 Å². The van der Waals surface area contributed by atoms with Crippen LogP contribution in [0.15, 0.2) is 30.3 Å². The Morgan fingerprint density at radius 3 is 2.74 bits per heavy atom. The quantitative estimate of drug-likeness (QED) is 0.785. The van der Waals surface area contributed by atoms with Crippen LogP contribution in [-0.2, 0) is 0 Å². The van der Waals surface area contributed by atoms with E-state index in [-0.39, 0.29) is 5.91 Å². The van der Waals surface area contributed by atoms with E-state index < -0.39 is 0 Å². The summed E-state index contributed by atoms with van der Waals surface area (Å²) in [7, 11) is 1.79. The molecule has 96 valence electrons. The van der Waals surface area contributed by atoms with Gasteiger partial charge >= 0.3 is 0 Å². The molecule has 0 fully saturated rings. The van der Waals surface area contributed by atoms with Crippen LogP contribution in [0.4, 0.5) is 17.2 Å². The van der Waals surface area contributed by atoms with Gasteiger partial charge < -0.3 is 10.2 Å². The maximum atomic E-state index is 12.6. The number of hydrogen-bond donors (Lipinski definition) is 1. The highest BCUT2D eigenvalue weighted by Gasteiger charge is 2.26. The minimum atomic E-state index is -0.0301. The molecule has 0 saturated carbocycles. The summed E-state index contributed by atoms with van der Waals surface area (Å²) < 4.78 is 0. The minimum Gasteiger partial charge on any atom is -0.338 e. The van der Waals surface area contributed by atoms with Gasteiger partial charge in [-0.05, 0) is 37.6 Å². The van der Waals surface area contributed by atoms with Crippen molar-refractivity contribution in [3.63, 3.8) is 0 Å². The smallest absolute Gasteiger partial charge is 0.262 e. The van der Waals surface area contributed by atoms with E-state index in [1.54, 1.807) is 11.9 Å². The van der Waals surface area contributed by atoms with Gasteiger partial charge in [0.25, 0.3) is 5.91 Å². The Kier molecular flexibility index (Phi) is 2.52. The van der Waals surface area contributed by atoms with Gasteiger partial charge in [0, 0.05) is 12.7 Å². The molecule has 0 bridgehead atoms. The molecular formula is C15H15N3O. The van der Waals surface area contributed by atoms with Crippen LogP contribution in [0.3, 0.4) is 0 Å². The zero-order valence-electron chi connectivity index (χ0n) is 11.2. The Hall–Kier alpha value is -2.36. The molecule has 0 saturated heterocycles. The number of anilines is 3. The largest absolute Gasteiger partial charge is 0.338 e. The van der Waals surface area contributed by atoms with Crippen LogP contribution in [0.5, 0.6) is 0 Å². The molecule has 4 heteroatoms. The van der Waals surface area contributed by atoms with Crippen LogP contribution in [0.25, 0.3) is 0 Å². The average molecular weight is 253 g/mol. The van der Waals surface area contributed by atoms with E-state index in [1.807, 2.05) is 44.2 Å². The summed E-state index contributed by atoms with van der Waals surface area (Å²) in [6.07, 6.45) is 0. The zero-order valence-corrected chi connectivity index (χ0v) is 11.2. The van der Waals surface area contributed by atoms with Crippen molar-refractivity contribution in [1.29, 1.82) is 0 Å². The first-order chi connectivity index (χ1) is 9.08. The predicted molar refractivity (Wildman–Crippen MR) is 76.2 cm³/mol. The standard InChI is InChI=1S/C15H15N3O/c1-9-8-10(2)16-14-13(9)15(19)18(3)12-7-5-4-6-11(12)17-14/h4-8H,1-3H3,(H,16,17). The number of amides is 1. The van der Waals surface area contributed by atoms with E-state index in [0.717, 1.165) is 22.6 Å². The Bertz CT molecular complexity index is 679. The molecule has 0 unspecified atom stereocenters. The van der Waals surface area contributed by atoms with E-state index in [4.69, 9.17) is 0 Å². The molecule has 0 radical (unpaired) electrons. The average Bonchev–Trinajstić information content (AvgIpc) is 2.46. The maximum Gasteiger partial charge on any atom is 0.262 e. The molecular weight excluding hydrogens is 238 g/mol. The Morgan fingerprint density at radius 1 is 1.21 bits per heavy atom. The number of rotatable bonds is 0. The number of aromatic nitrogens is 1. The van der Waals surface area contributed by atoms with Gasteiger partial charge in [0.15, 0.2) is 0 Å². The SMILES string of the molecule is Cc1cc(C)c2c(n1)Nc1ccccc1N(C)C2=O. The van der Waals surface area contributed by atoms with Crippen molar-refractivity contribution in [1.82, 2.24) is 4.98 Å². The number of para-hydroxylation sites is 2. The van der Waals surface area contributed by atoms with Crippen molar-refractivity contribution in [3.8, 4) is 0 Å². The zero-order chi connectivity index (χ0) is 13.6. The topological polar surface area (TPSA) is 45.2 Å². The molecule has 0 atom stereocenters. The summed E-state index contributed by atoms with van der Waals surface area (Å²) in [5, 5.41) is 3.27. The molecule has 3 rings (SSSR count). The van der Waals surface area contributed by atoms with Crippen LogP contribution >= 0.6 is 0 Å². The predicted octanol–water partition coefficient (Wildman–Crippen LogP) is 3.03. The van der Waals surface area contributed by atoms with Gasteiger partial charge in [-0.1, -0.05) is 12.1 Å². The third-order valence-corrected chi connectivity index (χ3v) is 3.38. The molecule has 1 N–H and O–H groups in total. The molecule has 4 nitrogen and oxygen atoms in total. The first-order valence-corrected chi connectivity index (χ1v) is 6.20. The lowest BCUT2D eigenvalue weighted by Crippen LogP contribution is -2.26. The highest BCUT2D eigenvalue weighted by Crippen LogP contribution is 2.34. The Morgan fingerprint density at radius 2 is 1.95 bits per heavy atom. The fourth-order valence-electron chi connectivity index (χ4n) is 2.47. The lowest BCUT2D eigenvalue weighted by atomic mass is 10.1. The molecule has 1 aliphatic heterocycles. The lowest BCUT2D eigenvalue weighted by molar-refractivity contribution is 0.0993. The highest BCUT2D eigenvalue weighted by atomic mass is 16.2. The fourth-order valence-corrected chi connectivity index (χ4v) is 2.47. The van der Waals surface area contributed by atoms with Gasteiger partial charge in [0.05, 0.1) is 16.9 Å². The fraction of sp³-hybridized carbons (Fsp3) is 0.200. The number of nitrogens with one attached hydrogen (secondary N) is 1. The van der Waals surface area contributed by atoms with Gasteiger partial charge in [-0.3, -0.25) is 4.79 Å². The van der Waals surface area contributed by atoms with Crippen molar-refractivity contribution in [2.45, 2.75) is 13.8 Å². The second-order valence-electron chi connectivity index (χ2n) is 4.81. The van der Waals surface area contributed by atoms with Crippen molar-refractivity contribution in [2.24, 2.45) is 0 Å². The number of hydrogen-bond acceptors (Lipinski definition) is 3. The summed E-state index contributed by atoms with van der Waals surface area (Å²) in [6, 6.07) is 9.67. The van der Waals surface area contributed by atoms with Crippen LogP contribution < -0.4 is 10.2 Å². The van der Waals surface area contributed by atoms with Gasteiger partial charge in [-0.25, -0.2) is 4.98 Å². The van der Waals surface area contributed by atoms with E-state index in [1.165, 1.54) is 0 Å². The molecule has 2 heterocycles. The first kappa shape index (κ1) is 11.7. The second kappa shape index (κ2) is 4.09. The second-order valence-corrected chi connectivity index (χ2v) is 4.81. The third kappa shape index (κ3) is 1.76. The number of pyridine rings is 1. The number of carbonyl (C=O) groups is 1. The molecule has 19 heavy (non-hydrogen) atoms. The summed E-state index contributed by atoms with van der Waals surface area (Å²) >= 11 is 0. The highest BCUT2D eigenvalue weighted by molar-refractivity contribution is 6.13. The summed E-state index contributed by atoms with van der Waals surface area (Å²) in [5.74, 6) is 0.608. The summed E-state index contributed by atoms with van der Waals surface area (Å²) in [5.41, 5.74) is 4.25. The van der Waals surface area contributed by atoms with Gasteiger partial charge in [-0.15, -0.1) is 0 Å². The lowest BCUT2D eigenvalue weighted by Gasteiger charge is -2.17. The minimum absolute atomic E-state index is 0.0301. The molecule has 1 aliphatic rings. The first-order valence-electron chi connectivity index (χ1n) is 6.20. The molecule has 1 aromatic carbocycles. The van der Waals surface area contributed by atoms with Crippen LogP contribution in [0.1, 0.15) is 21.6 Å². The van der Waals surface area contributed by atoms with Crippen LogP contribution in [0, 0.1) is 13.8 Å². The van der Waals surface area contributed by atoms with Gasteiger partial charge in [0.2, 0.25) is 0 Å². The van der Waals surface area contributed by atoms with E-state index in [0.29, 0.717) is 11.4 Å². The molecule has 0 aliphatic carbocycles. The Labute approximate surface area is 112 Å². The monoisotopic (exact) mass is 253 g/mol. The van der Waals surface area contributed by atoms with E-state index in [9.17, 15) is 4.79 Å². The molecule has 0 spiro atoms. The number of benzene rings is 1. The van der Waals surface area contributed by atoms with Crippen LogP contribution in [0.2, 0.25) is 0 Å². The van der Waals surface area contributed by atoms with Crippen molar-refractivity contribution >= 4 is 23.1 Å². The van der Waals surface area contributed by atoms with E-state index >= 15 is 0 Å². The normalized spacial score (nSPS) is 13.4. The summed E-state index contributed by atoms with van der Waals surface area (Å²) in [6.45, 7) is 3.87. The molecule has 1 aromatic heterocycles. The molecule has 2 aromatic rings. The summed E-state index contributed by atoms with van der Waals surface area (Å²) in [4.78, 5) is 18.7. The number of aryl methyl sites for hydroxylation is 2. The van der Waals surface area contributed by atoms with E-state index in [2.05, 4.69) is 10.3 Å². The number of carbonyl (C=O) groups excluding carboxylic acids is 1. The van der Waals surface area contributed by atoms with Gasteiger partial charge in [-0.2, -0.15) is 0 Å². The van der Waals surface area contributed by atoms with Crippen molar-refractivity contribution < 1.29 is 4.79 Å². The van der Waals surface area contributed by atoms with Crippen molar-refractivity contribution in [2.75, 3.05) is 17.3 Å². The van der Waals surface area contributed by atoms with Crippen LogP contribution in [-0.4, -0.2) is 17.9 Å². The Balaban J connectivity index is 2.28. The maximum absolute atomic E-state index is 12.6.